The molecule has 1 amide bonds. The lowest BCUT2D eigenvalue weighted by Crippen LogP contribution is -2.35. The largest absolute Gasteiger partial charge is 0.352 e. The SMILES string of the molecule is O=C(NCCC1=CCCCC1)c1cc(S(=O)(=O)N2CCCCC2)ccc1F. The molecule has 7 heteroatoms. The van der Waals surface area contributed by atoms with Crippen LogP contribution in [0.25, 0.3) is 0 Å². The molecule has 2 aliphatic rings. The van der Waals surface area contributed by atoms with Gasteiger partial charge in [0.1, 0.15) is 5.82 Å². The fraction of sp³-hybridized carbons (Fsp3) is 0.550. The minimum Gasteiger partial charge on any atom is -0.352 e. The van der Waals surface area contributed by atoms with Crippen molar-refractivity contribution in [3.05, 3.63) is 41.2 Å². The number of sulfonamides is 1. The van der Waals surface area contributed by atoms with Gasteiger partial charge in [0, 0.05) is 19.6 Å². The quantitative estimate of drug-likeness (QED) is 0.750. The van der Waals surface area contributed by atoms with Crippen molar-refractivity contribution in [1.29, 1.82) is 0 Å². The number of amides is 1. The van der Waals surface area contributed by atoms with Crippen LogP contribution in [0.3, 0.4) is 0 Å². The number of halogens is 1. The van der Waals surface area contributed by atoms with Crippen molar-refractivity contribution in [2.75, 3.05) is 19.6 Å². The normalized spacial score (nSPS) is 18.8. The van der Waals surface area contributed by atoms with Crippen LogP contribution in [-0.2, 0) is 10.0 Å². The molecule has 148 valence electrons. The van der Waals surface area contributed by atoms with E-state index in [0.29, 0.717) is 19.6 Å². The number of carbonyl (C=O) groups excluding carboxylic acids is 1. The van der Waals surface area contributed by atoms with Gasteiger partial charge in [0.25, 0.3) is 5.91 Å². The number of nitrogens with one attached hydrogen (secondary N) is 1. The Hall–Kier alpha value is -1.73. The Morgan fingerprint density at radius 2 is 1.89 bits per heavy atom. The first-order valence-electron chi connectivity index (χ1n) is 9.74. The molecule has 1 heterocycles. The third-order valence-electron chi connectivity index (χ3n) is 5.25. The second-order valence-corrected chi connectivity index (χ2v) is 9.16. The van der Waals surface area contributed by atoms with Crippen molar-refractivity contribution < 1.29 is 17.6 Å². The van der Waals surface area contributed by atoms with Gasteiger partial charge in [-0.25, -0.2) is 12.8 Å². The van der Waals surface area contributed by atoms with Crippen LogP contribution in [0.4, 0.5) is 4.39 Å². The second kappa shape index (κ2) is 8.97. The Balaban J connectivity index is 1.68. The molecule has 0 aromatic heterocycles. The molecule has 1 aromatic carbocycles. The maximum Gasteiger partial charge on any atom is 0.254 e. The highest BCUT2D eigenvalue weighted by Crippen LogP contribution is 2.23. The predicted octanol–water partition coefficient (Wildman–Crippen LogP) is 3.62. The molecule has 0 radical (unpaired) electrons. The monoisotopic (exact) mass is 394 g/mol. The first kappa shape index (κ1) is 20.0. The number of piperidine rings is 1. The summed E-state index contributed by atoms with van der Waals surface area (Å²) in [5.74, 6) is -1.28. The van der Waals surface area contributed by atoms with Crippen LogP contribution in [0.2, 0.25) is 0 Å². The molecule has 0 unspecified atom stereocenters. The molecule has 3 rings (SSSR count). The van der Waals surface area contributed by atoms with E-state index in [1.807, 2.05) is 0 Å². The molecule has 1 saturated heterocycles. The van der Waals surface area contributed by atoms with Gasteiger partial charge in [0.05, 0.1) is 10.5 Å². The minimum atomic E-state index is -3.69. The molecular formula is C20H27FN2O3S. The Morgan fingerprint density at radius 3 is 2.59 bits per heavy atom. The third-order valence-corrected chi connectivity index (χ3v) is 7.15. The van der Waals surface area contributed by atoms with Gasteiger partial charge >= 0.3 is 0 Å². The van der Waals surface area contributed by atoms with Crippen molar-refractivity contribution in [1.82, 2.24) is 9.62 Å². The standard InChI is InChI=1S/C20H27FN2O3S/c21-19-10-9-17(27(25,26)23-13-5-2-6-14-23)15-18(19)20(24)22-12-11-16-7-3-1-4-8-16/h7,9-10,15H,1-6,8,11-14H2,(H,22,24). The first-order chi connectivity index (χ1) is 13.0. The third kappa shape index (κ3) is 4.96. The van der Waals surface area contributed by atoms with E-state index in [1.54, 1.807) is 0 Å². The summed E-state index contributed by atoms with van der Waals surface area (Å²) in [6.07, 6.45) is 10.1. The molecule has 1 fully saturated rings. The highest BCUT2D eigenvalue weighted by Gasteiger charge is 2.27. The van der Waals surface area contributed by atoms with Gasteiger partial charge in [-0.2, -0.15) is 4.31 Å². The van der Waals surface area contributed by atoms with E-state index in [9.17, 15) is 17.6 Å². The van der Waals surface area contributed by atoms with Crippen LogP contribution < -0.4 is 5.32 Å². The van der Waals surface area contributed by atoms with Crippen molar-refractivity contribution in [3.8, 4) is 0 Å². The first-order valence-corrected chi connectivity index (χ1v) is 11.2. The summed E-state index contributed by atoms with van der Waals surface area (Å²) in [5, 5.41) is 2.72. The molecule has 1 aromatic rings. The molecule has 0 saturated carbocycles. The van der Waals surface area contributed by atoms with E-state index < -0.39 is 21.7 Å². The van der Waals surface area contributed by atoms with Gasteiger partial charge in [0.2, 0.25) is 10.0 Å². The molecule has 0 bridgehead atoms. The van der Waals surface area contributed by atoms with Crippen LogP contribution in [0.15, 0.2) is 34.7 Å². The van der Waals surface area contributed by atoms with Crippen molar-refractivity contribution in [3.63, 3.8) is 0 Å². The maximum atomic E-state index is 14.2. The summed E-state index contributed by atoms with van der Waals surface area (Å²) in [4.78, 5) is 12.4. The Labute approximate surface area is 160 Å². The summed E-state index contributed by atoms with van der Waals surface area (Å²) in [6.45, 7) is 1.36. The van der Waals surface area contributed by atoms with E-state index >= 15 is 0 Å². The molecule has 5 nitrogen and oxygen atoms in total. The predicted molar refractivity (Wildman–Crippen MR) is 103 cm³/mol. The molecule has 1 N–H and O–H groups in total. The topological polar surface area (TPSA) is 66.5 Å². The average molecular weight is 395 g/mol. The molecular weight excluding hydrogens is 367 g/mol. The number of allylic oxidation sites excluding steroid dienone is 1. The van der Waals surface area contributed by atoms with Crippen LogP contribution in [0, 0.1) is 5.82 Å². The summed E-state index contributed by atoms with van der Waals surface area (Å²) >= 11 is 0. The summed E-state index contributed by atoms with van der Waals surface area (Å²) in [5.41, 5.74) is 1.11. The molecule has 1 aliphatic heterocycles. The van der Waals surface area contributed by atoms with Crippen molar-refractivity contribution in [2.24, 2.45) is 0 Å². The highest BCUT2D eigenvalue weighted by atomic mass is 32.2. The zero-order chi connectivity index (χ0) is 19.3. The molecule has 27 heavy (non-hydrogen) atoms. The number of carbonyl (C=O) groups is 1. The van der Waals surface area contributed by atoms with Gasteiger partial charge in [-0.15, -0.1) is 0 Å². The highest BCUT2D eigenvalue weighted by molar-refractivity contribution is 7.89. The number of rotatable bonds is 6. The van der Waals surface area contributed by atoms with Crippen molar-refractivity contribution in [2.45, 2.75) is 56.3 Å². The van der Waals surface area contributed by atoms with E-state index in [1.165, 1.54) is 28.8 Å². The van der Waals surface area contributed by atoms with Crippen LogP contribution in [-0.4, -0.2) is 38.3 Å². The lowest BCUT2D eigenvalue weighted by Gasteiger charge is -2.26. The van der Waals surface area contributed by atoms with Gasteiger partial charge in [0.15, 0.2) is 0 Å². The fourth-order valence-electron chi connectivity index (χ4n) is 3.66. The molecule has 0 atom stereocenters. The van der Waals surface area contributed by atoms with Crippen molar-refractivity contribution >= 4 is 15.9 Å². The van der Waals surface area contributed by atoms with Crippen LogP contribution >= 0.6 is 0 Å². The zero-order valence-electron chi connectivity index (χ0n) is 15.5. The molecule has 1 aliphatic carbocycles. The number of nitrogens with zero attached hydrogens (tertiary/aromatic N) is 1. The van der Waals surface area contributed by atoms with Gasteiger partial charge in [-0.3, -0.25) is 4.79 Å². The lowest BCUT2D eigenvalue weighted by atomic mass is 9.97. The van der Waals surface area contributed by atoms with Gasteiger partial charge in [-0.1, -0.05) is 18.1 Å². The van der Waals surface area contributed by atoms with Gasteiger partial charge in [-0.05, 0) is 63.1 Å². The summed E-state index contributed by atoms with van der Waals surface area (Å²) in [6, 6.07) is 3.47. The fourth-order valence-corrected chi connectivity index (χ4v) is 5.20. The van der Waals surface area contributed by atoms with Crippen LogP contribution in [0.5, 0.6) is 0 Å². The van der Waals surface area contributed by atoms with E-state index in [4.69, 9.17) is 0 Å². The smallest absolute Gasteiger partial charge is 0.254 e. The minimum absolute atomic E-state index is 0.0223. The number of benzene rings is 1. The van der Waals surface area contributed by atoms with Crippen LogP contribution in [0.1, 0.15) is 61.7 Å². The summed E-state index contributed by atoms with van der Waals surface area (Å²) in [7, 11) is -3.69. The maximum absolute atomic E-state index is 14.2. The van der Waals surface area contributed by atoms with E-state index in [0.717, 1.165) is 50.7 Å². The number of hydrogen-bond donors (Lipinski definition) is 1. The Kier molecular flexibility index (Phi) is 6.65. The molecule has 0 spiro atoms. The average Bonchev–Trinajstić information content (AvgIpc) is 2.69. The van der Waals surface area contributed by atoms with Gasteiger partial charge < -0.3 is 5.32 Å². The van der Waals surface area contributed by atoms with E-state index in [2.05, 4.69) is 11.4 Å². The summed E-state index contributed by atoms with van der Waals surface area (Å²) < 4.78 is 41.1. The Morgan fingerprint density at radius 1 is 1.11 bits per heavy atom. The van der Waals surface area contributed by atoms with E-state index in [-0.39, 0.29) is 10.5 Å². The lowest BCUT2D eigenvalue weighted by molar-refractivity contribution is 0.0949. The Bertz CT molecular complexity index is 815. The second-order valence-electron chi connectivity index (χ2n) is 7.22. The number of hydrogen-bond acceptors (Lipinski definition) is 3. The zero-order valence-corrected chi connectivity index (χ0v) is 16.4.